The number of nitrogens with zero attached hydrogens (tertiary/aromatic N) is 3. The van der Waals surface area contributed by atoms with Crippen molar-refractivity contribution in [3.8, 4) is 11.1 Å². The molecule has 4 rings (SSSR count). The maximum Gasteiger partial charge on any atom is 0.416 e. The zero-order valence-corrected chi connectivity index (χ0v) is 18.4. The second-order valence-electron chi connectivity index (χ2n) is 8.51. The van der Waals surface area contributed by atoms with Gasteiger partial charge in [-0.2, -0.15) is 13.2 Å². The van der Waals surface area contributed by atoms with E-state index in [1.807, 2.05) is 0 Å². The number of alkyl halides is 3. The molecule has 1 aliphatic rings. The van der Waals surface area contributed by atoms with Gasteiger partial charge in [-0.3, -0.25) is 9.78 Å². The van der Waals surface area contributed by atoms with Gasteiger partial charge in [0.25, 0.3) is 0 Å². The molecule has 9 heteroatoms. The number of ketones is 1. The standard InChI is InChI=1S/C25H25F3N4O2/c1-2-21(34)16-4-3-5-20(17(12-16)14-33)32-24-23-22(29-10-11-30-23)19(13-31-24)15-6-8-18(9-7-15)25(26,27)28/h2,6-11,13,16-17,20,33H,1,3-5,12,14H2,(H,31,32)/t16?,17-,20+/m0/s1. The number of halogens is 3. The van der Waals surface area contributed by atoms with Crippen molar-refractivity contribution in [1.82, 2.24) is 15.0 Å². The highest BCUT2D eigenvalue weighted by molar-refractivity contribution is 5.96. The Labute approximate surface area is 195 Å². The molecule has 0 saturated heterocycles. The molecule has 0 spiro atoms. The summed E-state index contributed by atoms with van der Waals surface area (Å²) in [4.78, 5) is 25.5. The Morgan fingerprint density at radius 1 is 1.12 bits per heavy atom. The van der Waals surface area contributed by atoms with Crippen molar-refractivity contribution < 1.29 is 23.1 Å². The summed E-state index contributed by atoms with van der Waals surface area (Å²) in [5, 5.41) is 13.4. The average Bonchev–Trinajstić information content (AvgIpc) is 3.05. The highest BCUT2D eigenvalue weighted by Crippen LogP contribution is 2.35. The quantitative estimate of drug-likeness (QED) is 0.388. The molecule has 1 fully saturated rings. The van der Waals surface area contributed by atoms with Crippen molar-refractivity contribution in [2.24, 2.45) is 11.8 Å². The zero-order chi connectivity index (χ0) is 24.3. The van der Waals surface area contributed by atoms with Crippen molar-refractivity contribution in [3.63, 3.8) is 0 Å². The lowest BCUT2D eigenvalue weighted by molar-refractivity contribution is -0.137. The molecule has 0 amide bonds. The number of aliphatic hydroxyl groups excluding tert-OH is 1. The molecule has 3 atom stereocenters. The number of aromatic nitrogens is 3. The van der Waals surface area contributed by atoms with Crippen molar-refractivity contribution in [3.05, 3.63) is 61.1 Å². The van der Waals surface area contributed by atoms with Gasteiger partial charge in [-0.1, -0.05) is 25.1 Å². The van der Waals surface area contributed by atoms with Crippen molar-refractivity contribution in [1.29, 1.82) is 0 Å². The van der Waals surface area contributed by atoms with E-state index in [4.69, 9.17) is 0 Å². The topological polar surface area (TPSA) is 88.0 Å². The Balaban J connectivity index is 1.65. The molecule has 178 valence electrons. The number of fused-ring (bicyclic) bond motifs is 1. The number of rotatable bonds is 6. The second kappa shape index (κ2) is 9.89. The molecule has 2 heterocycles. The normalized spacial score (nSPS) is 21.1. The fourth-order valence-corrected chi connectivity index (χ4v) is 4.58. The van der Waals surface area contributed by atoms with Gasteiger partial charge < -0.3 is 10.4 Å². The van der Waals surface area contributed by atoms with Crippen molar-refractivity contribution >= 4 is 22.6 Å². The lowest BCUT2D eigenvalue weighted by Gasteiger charge is -2.26. The van der Waals surface area contributed by atoms with E-state index in [1.165, 1.54) is 30.6 Å². The van der Waals surface area contributed by atoms with E-state index in [2.05, 4.69) is 26.8 Å². The second-order valence-corrected chi connectivity index (χ2v) is 8.51. The number of anilines is 1. The summed E-state index contributed by atoms with van der Waals surface area (Å²) in [5.41, 5.74) is 1.38. The molecular weight excluding hydrogens is 445 g/mol. The van der Waals surface area contributed by atoms with Crippen LogP contribution in [-0.2, 0) is 11.0 Å². The molecule has 2 N–H and O–H groups in total. The minimum atomic E-state index is -4.41. The Kier molecular flexibility index (Phi) is 6.92. The van der Waals surface area contributed by atoms with Crippen LogP contribution in [0, 0.1) is 11.8 Å². The maximum atomic E-state index is 12.9. The van der Waals surface area contributed by atoms with Gasteiger partial charge in [0.05, 0.1) is 5.56 Å². The summed E-state index contributed by atoms with van der Waals surface area (Å²) in [6.07, 6.45) is 4.39. The molecule has 34 heavy (non-hydrogen) atoms. The monoisotopic (exact) mass is 470 g/mol. The van der Waals surface area contributed by atoms with Crippen LogP contribution in [0.4, 0.5) is 19.0 Å². The number of pyridine rings is 1. The first-order valence-corrected chi connectivity index (χ1v) is 11.1. The molecule has 1 aromatic carbocycles. The third-order valence-electron chi connectivity index (χ3n) is 6.41. The molecule has 0 bridgehead atoms. The first kappa shape index (κ1) is 23.8. The van der Waals surface area contributed by atoms with Gasteiger partial charge in [0.2, 0.25) is 0 Å². The van der Waals surface area contributed by atoms with Crippen LogP contribution in [0.2, 0.25) is 0 Å². The zero-order valence-electron chi connectivity index (χ0n) is 18.4. The molecule has 3 aromatic rings. The summed E-state index contributed by atoms with van der Waals surface area (Å²) in [7, 11) is 0. The summed E-state index contributed by atoms with van der Waals surface area (Å²) in [6.45, 7) is 3.50. The summed E-state index contributed by atoms with van der Waals surface area (Å²) < 4.78 is 38.8. The number of nitrogens with one attached hydrogen (secondary N) is 1. The molecule has 1 saturated carbocycles. The Morgan fingerprint density at radius 3 is 2.47 bits per heavy atom. The number of aliphatic hydroxyl groups is 1. The molecule has 1 aliphatic carbocycles. The smallest absolute Gasteiger partial charge is 0.396 e. The van der Waals surface area contributed by atoms with Gasteiger partial charge in [-0.25, -0.2) is 9.97 Å². The fourth-order valence-electron chi connectivity index (χ4n) is 4.58. The highest BCUT2D eigenvalue weighted by atomic mass is 19.4. The fraction of sp³-hybridized carbons (Fsp3) is 0.360. The number of benzene rings is 1. The molecular formula is C25H25F3N4O2. The van der Waals surface area contributed by atoms with Gasteiger partial charge >= 0.3 is 6.18 Å². The number of allylic oxidation sites excluding steroid dienone is 1. The molecule has 2 aromatic heterocycles. The third-order valence-corrected chi connectivity index (χ3v) is 6.41. The molecule has 0 radical (unpaired) electrons. The van der Waals surface area contributed by atoms with Crippen molar-refractivity contribution in [2.75, 3.05) is 11.9 Å². The van der Waals surface area contributed by atoms with E-state index in [9.17, 15) is 23.1 Å². The van der Waals surface area contributed by atoms with Crippen molar-refractivity contribution in [2.45, 2.75) is 37.9 Å². The highest BCUT2D eigenvalue weighted by Gasteiger charge is 2.32. The first-order valence-electron chi connectivity index (χ1n) is 11.1. The molecule has 0 aliphatic heterocycles. The number of carbonyl (C=O) groups is 1. The average molecular weight is 470 g/mol. The van der Waals surface area contributed by atoms with Gasteiger partial charge in [0.1, 0.15) is 11.0 Å². The Morgan fingerprint density at radius 2 is 1.82 bits per heavy atom. The Hall–Kier alpha value is -3.33. The minimum absolute atomic E-state index is 0.00515. The van der Waals surface area contributed by atoms with Gasteiger partial charge in [0, 0.05) is 48.6 Å². The van der Waals surface area contributed by atoms with E-state index < -0.39 is 11.7 Å². The summed E-state index contributed by atoms with van der Waals surface area (Å²) in [6, 6.07) is 4.72. The van der Waals surface area contributed by atoms with Crippen LogP contribution in [0.25, 0.3) is 22.2 Å². The third kappa shape index (κ3) is 4.94. The largest absolute Gasteiger partial charge is 0.416 e. The van der Waals surface area contributed by atoms with Crippen LogP contribution in [0.1, 0.15) is 31.2 Å². The Bertz CT molecular complexity index is 1180. The van der Waals surface area contributed by atoms with E-state index in [0.717, 1.165) is 31.4 Å². The molecule has 6 nitrogen and oxygen atoms in total. The van der Waals surface area contributed by atoms with Gasteiger partial charge in [0.15, 0.2) is 11.6 Å². The SMILES string of the molecule is C=CC(=O)C1CCC[C@@H](Nc2ncc(-c3ccc(C(F)(F)F)cc3)c3nccnc23)[C@H](CO)C1. The predicted octanol–water partition coefficient (Wildman–Crippen LogP) is 5.04. The summed E-state index contributed by atoms with van der Waals surface area (Å²) in [5.74, 6) is 0.164. The van der Waals surface area contributed by atoms with E-state index in [-0.39, 0.29) is 30.3 Å². The number of carbonyl (C=O) groups excluding carboxylic acids is 1. The lowest BCUT2D eigenvalue weighted by Crippen LogP contribution is -2.32. The van der Waals surface area contributed by atoms with E-state index >= 15 is 0 Å². The van der Waals surface area contributed by atoms with E-state index in [0.29, 0.717) is 34.4 Å². The maximum absolute atomic E-state index is 12.9. The van der Waals surface area contributed by atoms with Crippen LogP contribution in [0.3, 0.4) is 0 Å². The molecule has 1 unspecified atom stereocenters. The number of hydrogen-bond acceptors (Lipinski definition) is 6. The van der Waals surface area contributed by atoms with Gasteiger partial charge in [-0.05, 0) is 43.0 Å². The van der Waals surface area contributed by atoms with Gasteiger partial charge in [-0.15, -0.1) is 0 Å². The van der Waals surface area contributed by atoms with Crippen LogP contribution in [0.5, 0.6) is 0 Å². The van der Waals surface area contributed by atoms with Crippen LogP contribution < -0.4 is 5.32 Å². The minimum Gasteiger partial charge on any atom is -0.396 e. The lowest BCUT2D eigenvalue weighted by atomic mass is 9.88. The van der Waals surface area contributed by atoms with Crippen LogP contribution in [0.15, 0.2) is 55.5 Å². The predicted molar refractivity (Wildman–Crippen MR) is 123 cm³/mol. The van der Waals surface area contributed by atoms with E-state index in [1.54, 1.807) is 6.20 Å². The number of hydrogen-bond donors (Lipinski definition) is 2. The first-order chi connectivity index (χ1) is 16.3. The summed E-state index contributed by atoms with van der Waals surface area (Å²) >= 11 is 0. The van der Waals surface area contributed by atoms with Crippen LogP contribution >= 0.6 is 0 Å². The van der Waals surface area contributed by atoms with Crippen LogP contribution in [-0.4, -0.2) is 38.5 Å².